The summed E-state index contributed by atoms with van der Waals surface area (Å²) in [6, 6.07) is 12.7. The summed E-state index contributed by atoms with van der Waals surface area (Å²) >= 11 is 5.88. The van der Waals surface area contributed by atoms with Gasteiger partial charge in [0.1, 0.15) is 11.9 Å². The molecule has 0 aliphatic rings. The zero-order valence-corrected chi connectivity index (χ0v) is 12.1. The minimum atomic E-state index is -1.46. The van der Waals surface area contributed by atoms with E-state index in [2.05, 4.69) is 5.32 Å². The smallest absolute Gasteiger partial charge is 0.254 e. The summed E-state index contributed by atoms with van der Waals surface area (Å²) in [5.41, 5.74) is 0.247. The van der Waals surface area contributed by atoms with E-state index in [9.17, 15) is 14.3 Å². The van der Waals surface area contributed by atoms with Crippen LogP contribution in [0.3, 0.4) is 0 Å². The third kappa shape index (κ3) is 3.42. The molecule has 0 spiro atoms. The van der Waals surface area contributed by atoms with Crippen molar-refractivity contribution in [1.29, 1.82) is 5.26 Å². The molecule has 22 heavy (non-hydrogen) atoms. The van der Waals surface area contributed by atoms with Crippen molar-refractivity contribution in [3.05, 3.63) is 70.5 Å². The molecule has 112 valence electrons. The maximum atomic E-state index is 13.8. The molecule has 6 heteroatoms. The number of carbonyl (C=O) groups is 1. The molecule has 0 bridgehead atoms. The Labute approximate surface area is 131 Å². The highest BCUT2D eigenvalue weighted by molar-refractivity contribution is 6.31. The first kappa shape index (κ1) is 16.0. The predicted octanol–water partition coefficient (Wildman–Crippen LogP) is 2.89. The van der Waals surface area contributed by atoms with Gasteiger partial charge in [0.05, 0.1) is 6.07 Å². The van der Waals surface area contributed by atoms with Gasteiger partial charge in [0, 0.05) is 10.6 Å². The second kappa shape index (κ2) is 7.03. The van der Waals surface area contributed by atoms with Crippen molar-refractivity contribution in [2.75, 3.05) is 0 Å². The number of benzene rings is 2. The molecule has 0 saturated carbocycles. The van der Waals surface area contributed by atoms with E-state index in [4.69, 9.17) is 16.9 Å². The lowest BCUT2D eigenvalue weighted by atomic mass is 10.1. The van der Waals surface area contributed by atoms with Gasteiger partial charge in [-0.25, -0.2) is 4.39 Å². The number of hydrogen-bond acceptors (Lipinski definition) is 3. The van der Waals surface area contributed by atoms with E-state index in [0.717, 1.165) is 6.07 Å². The van der Waals surface area contributed by atoms with E-state index in [0.29, 0.717) is 5.56 Å². The summed E-state index contributed by atoms with van der Waals surface area (Å²) in [7, 11) is 0. The molecule has 0 heterocycles. The molecule has 0 radical (unpaired) electrons. The molecular weight excluding hydrogens is 307 g/mol. The van der Waals surface area contributed by atoms with Crippen LogP contribution in [0.2, 0.25) is 5.02 Å². The van der Waals surface area contributed by atoms with E-state index >= 15 is 0 Å². The fraction of sp³-hybridized carbons (Fsp3) is 0.125. The maximum absolute atomic E-state index is 13.8. The number of aliphatic hydroxyl groups excluding tert-OH is 1. The van der Waals surface area contributed by atoms with Crippen LogP contribution in [0.15, 0.2) is 48.5 Å². The van der Waals surface area contributed by atoms with Crippen LogP contribution in [-0.2, 0) is 4.79 Å². The second-order valence-electron chi connectivity index (χ2n) is 4.52. The van der Waals surface area contributed by atoms with Crippen LogP contribution >= 0.6 is 11.6 Å². The predicted molar refractivity (Wildman–Crippen MR) is 79.3 cm³/mol. The van der Waals surface area contributed by atoms with E-state index in [1.54, 1.807) is 36.4 Å². The van der Waals surface area contributed by atoms with Crippen LogP contribution in [-0.4, -0.2) is 11.0 Å². The second-order valence-corrected chi connectivity index (χ2v) is 4.93. The highest BCUT2D eigenvalue weighted by Gasteiger charge is 2.24. The van der Waals surface area contributed by atoms with Crippen molar-refractivity contribution in [2.45, 2.75) is 12.1 Å². The number of aliphatic hydroxyl groups is 1. The number of carbonyl (C=O) groups excluding carboxylic acids is 1. The Morgan fingerprint density at radius 1 is 1.23 bits per heavy atom. The van der Waals surface area contributed by atoms with Crippen LogP contribution in [0, 0.1) is 17.1 Å². The van der Waals surface area contributed by atoms with E-state index in [1.807, 2.05) is 0 Å². The molecule has 2 aromatic rings. The Hall–Kier alpha value is -2.42. The van der Waals surface area contributed by atoms with Crippen molar-refractivity contribution >= 4 is 17.5 Å². The first-order valence-corrected chi connectivity index (χ1v) is 6.79. The van der Waals surface area contributed by atoms with E-state index in [1.165, 1.54) is 12.1 Å². The number of nitriles is 1. The first-order valence-electron chi connectivity index (χ1n) is 6.41. The fourth-order valence-electron chi connectivity index (χ4n) is 1.96. The maximum Gasteiger partial charge on any atom is 0.254 e. The summed E-state index contributed by atoms with van der Waals surface area (Å²) in [6.07, 6.45) is -1.46. The zero-order valence-electron chi connectivity index (χ0n) is 11.3. The lowest BCUT2D eigenvalue weighted by Gasteiger charge is -2.17. The molecule has 0 aliphatic heterocycles. The Balaban J connectivity index is 2.21. The molecule has 0 fully saturated rings. The van der Waals surface area contributed by atoms with Gasteiger partial charge < -0.3 is 10.4 Å². The summed E-state index contributed by atoms with van der Waals surface area (Å²) in [5, 5.41) is 21.4. The summed E-state index contributed by atoms with van der Waals surface area (Å²) < 4.78 is 13.8. The van der Waals surface area contributed by atoms with Gasteiger partial charge in [-0.2, -0.15) is 5.26 Å². The van der Waals surface area contributed by atoms with Gasteiger partial charge in [0.15, 0.2) is 6.10 Å². The molecule has 2 atom stereocenters. The molecule has 4 nitrogen and oxygen atoms in total. The van der Waals surface area contributed by atoms with Crippen LogP contribution in [0.4, 0.5) is 4.39 Å². The number of halogens is 2. The van der Waals surface area contributed by atoms with Gasteiger partial charge in [-0.15, -0.1) is 0 Å². The van der Waals surface area contributed by atoms with Crippen LogP contribution in [0.25, 0.3) is 0 Å². The SMILES string of the molecule is N#C[C@H](NC(=O)[C@@H](O)c1ccccc1)c1c(F)cccc1Cl. The number of amides is 1. The van der Waals surface area contributed by atoms with Gasteiger partial charge in [-0.1, -0.05) is 48.0 Å². The van der Waals surface area contributed by atoms with Gasteiger partial charge in [-0.3, -0.25) is 4.79 Å². The molecule has 0 saturated heterocycles. The number of hydrogen-bond donors (Lipinski definition) is 2. The largest absolute Gasteiger partial charge is 0.378 e. The summed E-state index contributed by atoms with van der Waals surface area (Å²) in [5.74, 6) is -1.51. The Morgan fingerprint density at radius 2 is 1.91 bits per heavy atom. The van der Waals surface area contributed by atoms with E-state index in [-0.39, 0.29) is 10.6 Å². The van der Waals surface area contributed by atoms with Gasteiger partial charge in [0.25, 0.3) is 5.91 Å². The molecular formula is C16H12ClFN2O2. The molecule has 2 rings (SSSR count). The highest BCUT2D eigenvalue weighted by atomic mass is 35.5. The fourth-order valence-corrected chi connectivity index (χ4v) is 2.24. The lowest BCUT2D eigenvalue weighted by Crippen LogP contribution is -2.32. The number of nitrogens with one attached hydrogen (secondary N) is 1. The third-order valence-electron chi connectivity index (χ3n) is 3.07. The van der Waals surface area contributed by atoms with Crippen LogP contribution < -0.4 is 5.32 Å². The van der Waals surface area contributed by atoms with Crippen molar-refractivity contribution < 1.29 is 14.3 Å². The Kier molecular flexibility index (Phi) is 5.10. The van der Waals surface area contributed by atoms with Crippen molar-refractivity contribution in [1.82, 2.24) is 5.32 Å². The van der Waals surface area contributed by atoms with Crippen molar-refractivity contribution in [3.63, 3.8) is 0 Å². The van der Waals surface area contributed by atoms with Gasteiger partial charge in [0.2, 0.25) is 0 Å². The molecule has 0 aromatic heterocycles. The normalized spacial score (nSPS) is 13.0. The van der Waals surface area contributed by atoms with Crippen molar-refractivity contribution in [3.8, 4) is 6.07 Å². The topological polar surface area (TPSA) is 73.1 Å². The third-order valence-corrected chi connectivity index (χ3v) is 3.40. The highest BCUT2D eigenvalue weighted by Crippen LogP contribution is 2.26. The first-order chi connectivity index (χ1) is 10.5. The van der Waals surface area contributed by atoms with Crippen LogP contribution in [0.5, 0.6) is 0 Å². The van der Waals surface area contributed by atoms with Crippen LogP contribution in [0.1, 0.15) is 23.3 Å². The average molecular weight is 319 g/mol. The molecule has 2 N–H and O–H groups in total. The monoisotopic (exact) mass is 318 g/mol. The lowest BCUT2D eigenvalue weighted by molar-refractivity contribution is -0.130. The molecule has 1 amide bonds. The Bertz CT molecular complexity index is 696. The number of nitrogens with zero attached hydrogens (tertiary/aromatic N) is 1. The summed E-state index contributed by atoms with van der Waals surface area (Å²) in [6.45, 7) is 0. The number of rotatable bonds is 4. The zero-order chi connectivity index (χ0) is 16.1. The minimum Gasteiger partial charge on any atom is -0.378 e. The average Bonchev–Trinajstić information content (AvgIpc) is 2.53. The standard InChI is InChI=1S/C16H12ClFN2O2/c17-11-7-4-8-12(18)14(11)13(9-19)20-16(22)15(21)10-5-2-1-3-6-10/h1-8,13,15,21H,(H,20,22)/t13-,15-/m0/s1. The minimum absolute atomic E-state index is 0.0288. The van der Waals surface area contributed by atoms with Gasteiger partial charge >= 0.3 is 0 Å². The molecule has 2 aromatic carbocycles. The van der Waals surface area contributed by atoms with Crippen molar-refractivity contribution in [2.24, 2.45) is 0 Å². The van der Waals surface area contributed by atoms with E-state index < -0.39 is 23.9 Å². The molecule has 0 unspecified atom stereocenters. The summed E-state index contributed by atoms with van der Waals surface area (Å²) in [4.78, 5) is 12.0. The molecule has 0 aliphatic carbocycles. The quantitative estimate of drug-likeness (QED) is 0.910. The van der Waals surface area contributed by atoms with Gasteiger partial charge in [-0.05, 0) is 17.7 Å². The Morgan fingerprint density at radius 3 is 2.50 bits per heavy atom.